The Morgan fingerprint density at radius 1 is 1.32 bits per heavy atom. The molecule has 9 heteroatoms. The molecule has 1 aromatic carbocycles. The lowest BCUT2D eigenvalue weighted by atomic mass is 10.0. The predicted molar refractivity (Wildman–Crippen MR) is 83.5 cm³/mol. The molecule has 0 radical (unpaired) electrons. The molecule has 0 unspecified atom stereocenters. The number of ether oxygens (including phenoxy) is 1. The van der Waals surface area contributed by atoms with Gasteiger partial charge in [0.05, 0.1) is 25.1 Å². The number of carbonyl (C=O) groups excluding carboxylic acids is 1. The Morgan fingerprint density at radius 3 is 2.72 bits per heavy atom. The summed E-state index contributed by atoms with van der Waals surface area (Å²) in [6.07, 6.45) is -3.31. The van der Waals surface area contributed by atoms with E-state index in [1.807, 2.05) is 0 Å². The Morgan fingerprint density at radius 2 is 2.04 bits per heavy atom. The van der Waals surface area contributed by atoms with Crippen molar-refractivity contribution in [1.82, 2.24) is 19.7 Å². The van der Waals surface area contributed by atoms with E-state index in [-0.39, 0.29) is 18.5 Å². The second kappa shape index (κ2) is 8.11. The molecule has 1 heterocycles. The van der Waals surface area contributed by atoms with Crippen molar-refractivity contribution in [3.63, 3.8) is 0 Å². The largest absolute Gasteiger partial charge is 0.416 e. The van der Waals surface area contributed by atoms with Gasteiger partial charge in [-0.3, -0.25) is 4.79 Å². The highest BCUT2D eigenvalue weighted by molar-refractivity contribution is 5.78. The number of benzene rings is 1. The topological polar surface area (TPSA) is 60.2 Å². The van der Waals surface area contributed by atoms with Crippen molar-refractivity contribution in [1.29, 1.82) is 0 Å². The van der Waals surface area contributed by atoms with E-state index in [0.29, 0.717) is 19.0 Å². The van der Waals surface area contributed by atoms with Gasteiger partial charge in [-0.05, 0) is 11.6 Å². The van der Waals surface area contributed by atoms with Crippen molar-refractivity contribution in [3.05, 3.63) is 47.5 Å². The molecule has 0 atom stereocenters. The number of aromatic nitrogens is 3. The minimum absolute atomic E-state index is 0.0484. The molecule has 1 aromatic heterocycles. The summed E-state index contributed by atoms with van der Waals surface area (Å²) in [6, 6.07) is 5.08. The van der Waals surface area contributed by atoms with Crippen molar-refractivity contribution in [2.24, 2.45) is 0 Å². The highest BCUT2D eigenvalue weighted by Gasteiger charge is 2.33. The first kappa shape index (κ1) is 18.9. The summed E-state index contributed by atoms with van der Waals surface area (Å²) < 4.78 is 45.8. The molecule has 25 heavy (non-hydrogen) atoms. The number of nitrogens with zero attached hydrogens (tertiary/aromatic N) is 4. The number of hydrogen-bond donors (Lipinski definition) is 0. The van der Waals surface area contributed by atoms with Crippen molar-refractivity contribution < 1.29 is 22.7 Å². The van der Waals surface area contributed by atoms with Gasteiger partial charge in [0.2, 0.25) is 5.91 Å². The monoisotopic (exact) mass is 356 g/mol. The van der Waals surface area contributed by atoms with E-state index in [1.165, 1.54) is 36.5 Å². The summed E-state index contributed by atoms with van der Waals surface area (Å²) in [6.45, 7) is 1.14. The lowest BCUT2D eigenvalue weighted by molar-refractivity contribution is -0.138. The number of likely N-dealkylation sites (N-methyl/N-ethyl adjacent to an activating group) is 1. The lowest BCUT2D eigenvalue weighted by Crippen LogP contribution is -2.30. The Balaban J connectivity index is 2.06. The van der Waals surface area contributed by atoms with Gasteiger partial charge in [0, 0.05) is 20.7 Å². The van der Waals surface area contributed by atoms with Gasteiger partial charge in [0.1, 0.15) is 6.33 Å². The van der Waals surface area contributed by atoms with Gasteiger partial charge in [-0.2, -0.15) is 13.2 Å². The molecule has 0 saturated heterocycles. The molecule has 2 aromatic rings. The fourth-order valence-electron chi connectivity index (χ4n) is 2.33. The van der Waals surface area contributed by atoms with Gasteiger partial charge >= 0.3 is 6.18 Å². The summed E-state index contributed by atoms with van der Waals surface area (Å²) in [5, 5.41) is 7.73. The van der Waals surface area contributed by atoms with Crippen molar-refractivity contribution in [3.8, 4) is 0 Å². The van der Waals surface area contributed by atoms with Crippen LogP contribution in [0.15, 0.2) is 30.6 Å². The number of methoxy groups -OCH3 is 1. The summed E-state index contributed by atoms with van der Waals surface area (Å²) in [7, 11) is 3.09. The van der Waals surface area contributed by atoms with Crippen LogP contribution in [-0.2, 0) is 35.2 Å². The van der Waals surface area contributed by atoms with Crippen LogP contribution >= 0.6 is 0 Å². The molecule has 0 fully saturated rings. The van der Waals surface area contributed by atoms with Crippen LogP contribution < -0.4 is 0 Å². The molecule has 0 bridgehead atoms. The number of halogens is 3. The number of alkyl halides is 3. The molecule has 1 amide bonds. The van der Waals surface area contributed by atoms with Crippen molar-refractivity contribution in [2.75, 3.05) is 20.8 Å². The van der Waals surface area contributed by atoms with Crippen LogP contribution in [-0.4, -0.2) is 46.3 Å². The molecule has 0 aliphatic rings. The zero-order valence-electron chi connectivity index (χ0n) is 14.0. The minimum atomic E-state index is -4.49. The molecule has 2 rings (SSSR count). The normalized spacial score (nSPS) is 11.6. The van der Waals surface area contributed by atoms with Crippen LogP contribution in [0, 0.1) is 0 Å². The maximum Gasteiger partial charge on any atom is 0.416 e. The summed E-state index contributed by atoms with van der Waals surface area (Å²) in [4.78, 5) is 13.7. The molecule has 136 valence electrons. The van der Waals surface area contributed by atoms with Gasteiger partial charge in [-0.15, -0.1) is 10.2 Å². The second-order valence-electron chi connectivity index (χ2n) is 5.51. The summed E-state index contributed by atoms with van der Waals surface area (Å²) in [5.41, 5.74) is -0.840. The third-order valence-electron chi connectivity index (χ3n) is 3.70. The molecule has 0 spiro atoms. The second-order valence-corrected chi connectivity index (χ2v) is 5.51. The number of carbonyl (C=O) groups is 1. The van der Waals surface area contributed by atoms with Gasteiger partial charge in [-0.1, -0.05) is 18.2 Å². The summed E-state index contributed by atoms with van der Waals surface area (Å²) in [5.74, 6) is 0.106. The minimum Gasteiger partial charge on any atom is -0.383 e. The molecule has 0 saturated carbocycles. The highest BCUT2D eigenvalue weighted by atomic mass is 19.4. The third kappa shape index (κ3) is 5.02. The van der Waals surface area contributed by atoms with E-state index in [1.54, 1.807) is 11.7 Å². The van der Waals surface area contributed by atoms with Crippen molar-refractivity contribution >= 4 is 5.91 Å². The quantitative estimate of drug-likeness (QED) is 0.763. The van der Waals surface area contributed by atoms with Gasteiger partial charge in [-0.25, -0.2) is 0 Å². The SMILES string of the molecule is COCCn1cnnc1CN(C)C(=O)Cc1ccccc1C(F)(F)F. The van der Waals surface area contributed by atoms with Crippen LogP contribution in [0.3, 0.4) is 0 Å². The van der Waals surface area contributed by atoms with Crippen LogP contribution in [0.2, 0.25) is 0 Å². The number of hydrogen-bond acceptors (Lipinski definition) is 4. The van der Waals surface area contributed by atoms with E-state index in [9.17, 15) is 18.0 Å². The number of rotatable bonds is 7. The predicted octanol–water partition coefficient (Wildman–Crippen LogP) is 2.14. The summed E-state index contributed by atoms with van der Waals surface area (Å²) >= 11 is 0. The van der Waals surface area contributed by atoms with Crippen molar-refractivity contribution in [2.45, 2.75) is 25.7 Å². The van der Waals surface area contributed by atoms with Crippen LogP contribution in [0.25, 0.3) is 0 Å². The van der Waals surface area contributed by atoms with E-state index in [2.05, 4.69) is 10.2 Å². The zero-order valence-corrected chi connectivity index (χ0v) is 14.0. The average molecular weight is 356 g/mol. The first-order valence-electron chi connectivity index (χ1n) is 7.57. The molecule has 0 aliphatic carbocycles. The fourth-order valence-corrected chi connectivity index (χ4v) is 2.33. The Bertz CT molecular complexity index is 715. The van der Waals surface area contributed by atoms with E-state index < -0.39 is 17.6 Å². The van der Waals surface area contributed by atoms with E-state index in [4.69, 9.17) is 4.74 Å². The molecule has 0 aliphatic heterocycles. The number of amides is 1. The average Bonchev–Trinajstić information content (AvgIpc) is 2.99. The van der Waals surface area contributed by atoms with E-state index in [0.717, 1.165) is 6.07 Å². The Kier molecular flexibility index (Phi) is 6.13. The smallest absolute Gasteiger partial charge is 0.383 e. The standard InChI is InChI=1S/C16H19F3N4O2/c1-22(10-14-21-20-11-23(14)7-8-25-2)15(24)9-12-5-3-4-6-13(12)16(17,18)19/h3-6,11H,7-10H2,1-2H3. The van der Waals surface area contributed by atoms with Crippen LogP contribution in [0.5, 0.6) is 0 Å². The third-order valence-corrected chi connectivity index (χ3v) is 3.70. The zero-order chi connectivity index (χ0) is 18.4. The van der Waals surface area contributed by atoms with Gasteiger partial charge in [0.15, 0.2) is 5.82 Å². The maximum atomic E-state index is 13.0. The Labute approximate surface area is 143 Å². The molecular formula is C16H19F3N4O2. The molecule has 0 N–H and O–H groups in total. The van der Waals surface area contributed by atoms with Crippen LogP contribution in [0.1, 0.15) is 17.0 Å². The molecule has 6 nitrogen and oxygen atoms in total. The highest BCUT2D eigenvalue weighted by Crippen LogP contribution is 2.32. The van der Waals surface area contributed by atoms with E-state index >= 15 is 0 Å². The Hall–Kier alpha value is -2.42. The first-order valence-corrected chi connectivity index (χ1v) is 7.57. The maximum absolute atomic E-state index is 13.0. The fraction of sp³-hybridized carbons (Fsp3) is 0.438. The van der Waals surface area contributed by atoms with Crippen LogP contribution in [0.4, 0.5) is 13.2 Å². The lowest BCUT2D eigenvalue weighted by Gasteiger charge is -2.19. The first-order chi connectivity index (χ1) is 11.8. The van der Waals surface area contributed by atoms with Gasteiger partial charge < -0.3 is 14.2 Å². The van der Waals surface area contributed by atoms with Gasteiger partial charge in [0.25, 0.3) is 0 Å². The molecular weight excluding hydrogens is 337 g/mol.